The highest BCUT2D eigenvalue weighted by Gasteiger charge is 1.94. The minimum Gasteiger partial charge on any atom is -0.313 e. The predicted molar refractivity (Wildman–Crippen MR) is 46.1 cm³/mol. The molecule has 0 bridgehead atoms. The molecule has 0 amide bonds. The van der Waals surface area contributed by atoms with Crippen LogP contribution in [0.5, 0.6) is 0 Å². The van der Waals surface area contributed by atoms with Gasteiger partial charge in [-0.2, -0.15) is 0 Å². The average molecular weight is 172 g/mol. The Bertz CT molecular complexity index is 292. The molecule has 0 radical (unpaired) electrons. The summed E-state index contributed by atoms with van der Waals surface area (Å²) in [5, 5.41) is 0.418. The molecule has 0 saturated heterocycles. The number of pyridine rings is 1. The molecule has 1 aromatic heterocycles. The molecular formula is C8H10ClNO. The normalized spacial score (nSPS) is 10.0. The summed E-state index contributed by atoms with van der Waals surface area (Å²) in [6, 6.07) is 3.36. The van der Waals surface area contributed by atoms with Gasteiger partial charge in [-0.1, -0.05) is 24.9 Å². The summed E-state index contributed by atoms with van der Waals surface area (Å²) in [5.74, 6) is 0. The maximum absolute atomic E-state index is 10.8. The first-order chi connectivity index (χ1) is 5.22. The van der Waals surface area contributed by atoms with Gasteiger partial charge in [-0.3, -0.25) is 4.79 Å². The van der Waals surface area contributed by atoms with Gasteiger partial charge in [0.1, 0.15) is 5.15 Å². The van der Waals surface area contributed by atoms with Crippen molar-refractivity contribution in [1.29, 1.82) is 0 Å². The van der Waals surface area contributed by atoms with Gasteiger partial charge >= 0.3 is 0 Å². The molecule has 1 N–H and O–H groups in total. The maximum atomic E-state index is 10.8. The van der Waals surface area contributed by atoms with Crippen LogP contribution in [-0.4, -0.2) is 4.98 Å². The number of hydrogen-bond acceptors (Lipinski definition) is 1. The second kappa shape index (κ2) is 3.58. The second-order valence-corrected chi connectivity index (χ2v) is 2.86. The number of rotatable bonds is 2. The maximum Gasteiger partial charge on any atom is 0.249 e. The Hall–Kier alpha value is -0.760. The zero-order valence-electron chi connectivity index (χ0n) is 6.36. The van der Waals surface area contributed by atoms with Gasteiger partial charge in [0.15, 0.2) is 0 Å². The number of aromatic amines is 1. The lowest BCUT2D eigenvalue weighted by Crippen LogP contribution is -2.05. The largest absolute Gasteiger partial charge is 0.313 e. The standard InChI is InChI=1S/C8H10ClNO/c1-2-3-6-4-7(9)10-8(11)5-6/h4-5H,2-3H2,1H3,(H,10,11). The zero-order chi connectivity index (χ0) is 8.27. The van der Waals surface area contributed by atoms with E-state index in [4.69, 9.17) is 11.6 Å². The van der Waals surface area contributed by atoms with Gasteiger partial charge in [0.2, 0.25) is 5.56 Å². The van der Waals surface area contributed by atoms with Gasteiger partial charge in [0.05, 0.1) is 0 Å². The lowest BCUT2D eigenvalue weighted by Gasteiger charge is -1.96. The third kappa shape index (κ3) is 2.39. The molecule has 1 heterocycles. The Morgan fingerprint density at radius 1 is 1.55 bits per heavy atom. The van der Waals surface area contributed by atoms with Crippen molar-refractivity contribution in [2.45, 2.75) is 19.8 Å². The van der Waals surface area contributed by atoms with Crippen LogP contribution < -0.4 is 5.56 Å². The third-order valence-electron chi connectivity index (χ3n) is 1.41. The summed E-state index contributed by atoms with van der Waals surface area (Å²) in [7, 11) is 0. The molecule has 0 atom stereocenters. The van der Waals surface area contributed by atoms with Crippen molar-refractivity contribution in [3.8, 4) is 0 Å². The molecule has 0 spiro atoms. The van der Waals surface area contributed by atoms with Gasteiger partial charge < -0.3 is 4.98 Å². The predicted octanol–water partition coefficient (Wildman–Crippen LogP) is 1.98. The van der Waals surface area contributed by atoms with Crippen molar-refractivity contribution in [2.75, 3.05) is 0 Å². The second-order valence-electron chi connectivity index (χ2n) is 2.45. The number of hydrogen-bond donors (Lipinski definition) is 1. The Balaban J connectivity index is 2.99. The first kappa shape index (κ1) is 8.34. The fourth-order valence-electron chi connectivity index (χ4n) is 0.996. The molecule has 1 aromatic rings. The van der Waals surface area contributed by atoms with Gasteiger partial charge in [0, 0.05) is 6.07 Å². The van der Waals surface area contributed by atoms with Crippen LogP contribution in [0.4, 0.5) is 0 Å². The van der Waals surface area contributed by atoms with Gasteiger partial charge in [-0.15, -0.1) is 0 Å². The topological polar surface area (TPSA) is 32.9 Å². The summed E-state index contributed by atoms with van der Waals surface area (Å²) >= 11 is 5.63. The highest BCUT2D eigenvalue weighted by Crippen LogP contribution is 2.05. The van der Waals surface area contributed by atoms with Crippen LogP contribution in [0, 0.1) is 0 Å². The number of halogens is 1. The molecule has 1 rings (SSSR count). The first-order valence-electron chi connectivity index (χ1n) is 3.61. The molecule has 0 aliphatic heterocycles. The van der Waals surface area contributed by atoms with E-state index in [0.29, 0.717) is 5.15 Å². The summed E-state index contributed by atoms with van der Waals surface area (Å²) < 4.78 is 0. The molecule has 3 heteroatoms. The Kier molecular flexibility index (Phi) is 2.71. The fourth-order valence-corrected chi connectivity index (χ4v) is 1.23. The molecule has 0 unspecified atom stereocenters. The molecule has 0 aromatic carbocycles. The van der Waals surface area contributed by atoms with E-state index in [2.05, 4.69) is 11.9 Å². The van der Waals surface area contributed by atoms with Crippen molar-refractivity contribution in [3.63, 3.8) is 0 Å². The van der Waals surface area contributed by atoms with Crippen molar-refractivity contribution in [3.05, 3.63) is 33.2 Å². The van der Waals surface area contributed by atoms with Gasteiger partial charge in [-0.25, -0.2) is 0 Å². The van der Waals surface area contributed by atoms with E-state index < -0.39 is 0 Å². The van der Waals surface area contributed by atoms with Crippen molar-refractivity contribution < 1.29 is 0 Å². The zero-order valence-corrected chi connectivity index (χ0v) is 7.11. The van der Waals surface area contributed by atoms with E-state index in [0.717, 1.165) is 18.4 Å². The van der Waals surface area contributed by atoms with E-state index in [1.54, 1.807) is 12.1 Å². The minimum atomic E-state index is -0.124. The first-order valence-corrected chi connectivity index (χ1v) is 3.99. The van der Waals surface area contributed by atoms with Crippen molar-refractivity contribution in [1.82, 2.24) is 4.98 Å². The number of aromatic nitrogens is 1. The number of aryl methyl sites for hydroxylation is 1. The monoisotopic (exact) mass is 171 g/mol. The molecule has 0 fully saturated rings. The molecule has 0 saturated carbocycles. The highest BCUT2D eigenvalue weighted by atomic mass is 35.5. The van der Waals surface area contributed by atoms with Crippen molar-refractivity contribution >= 4 is 11.6 Å². The quantitative estimate of drug-likeness (QED) is 0.679. The van der Waals surface area contributed by atoms with E-state index in [1.165, 1.54) is 0 Å². The highest BCUT2D eigenvalue weighted by molar-refractivity contribution is 6.29. The molecule has 0 aliphatic carbocycles. The summed E-state index contributed by atoms with van der Waals surface area (Å²) in [5.41, 5.74) is 0.877. The van der Waals surface area contributed by atoms with Crippen LogP contribution in [0.3, 0.4) is 0 Å². The molecule has 0 aliphatic rings. The fraction of sp³-hybridized carbons (Fsp3) is 0.375. The van der Waals surface area contributed by atoms with E-state index >= 15 is 0 Å². The summed E-state index contributed by atoms with van der Waals surface area (Å²) in [4.78, 5) is 13.3. The minimum absolute atomic E-state index is 0.124. The van der Waals surface area contributed by atoms with Crippen LogP contribution >= 0.6 is 11.6 Å². The Morgan fingerprint density at radius 2 is 2.27 bits per heavy atom. The van der Waals surface area contributed by atoms with Crippen LogP contribution in [0.25, 0.3) is 0 Å². The number of H-pyrrole nitrogens is 1. The van der Waals surface area contributed by atoms with Crippen molar-refractivity contribution in [2.24, 2.45) is 0 Å². The van der Waals surface area contributed by atoms with Crippen LogP contribution in [-0.2, 0) is 6.42 Å². The van der Waals surface area contributed by atoms with E-state index in [9.17, 15) is 4.79 Å². The smallest absolute Gasteiger partial charge is 0.249 e. The van der Waals surface area contributed by atoms with Gasteiger partial charge in [0.25, 0.3) is 0 Å². The van der Waals surface area contributed by atoms with Gasteiger partial charge in [-0.05, 0) is 18.1 Å². The Labute approximate surface area is 70.2 Å². The summed E-state index contributed by atoms with van der Waals surface area (Å²) in [6.07, 6.45) is 1.93. The lowest BCUT2D eigenvalue weighted by atomic mass is 10.2. The lowest BCUT2D eigenvalue weighted by molar-refractivity contribution is 0.915. The van der Waals surface area contributed by atoms with Crippen LogP contribution in [0.1, 0.15) is 18.9 Å². The third-order valence-corrected chi connectivity index (χ3v) is 1.61. The molecule has 11 heavy (non-hydrogen) atoms. The van der Waals surface area contributed by atoms with E-state index in [-0.39, 0.29) is 5.56 Å². The van der Waals surface area contributed by atoms with Crippen LogP contribution in [0.15, 0.2) is 16.9 Å². The average Bonchev–Trinajstić information content (AvgIpc) is 1.85. The molecule has 2 nitrogen and oxygen atoms in total. The molecule has 60 valence electrons. The summed E-state index contributed by atoms with van der Waals surface area (Å²) in [6.45, 7) is 2.06. The SMILES string of the molecule is CCCc1cc(Cl)[nH]c(=O)c1. The Morgan fingerprint density at radius 3 is 2.82 bits per heavy atom. The number of nitrogens with one attached hydrogen (secondary N) is 1. The molecular weight excluding hydrogens is 162 g/mol. The van der Waals surface area contributed by atoms with E-state index in [1.807, 2.05) is 0 Å². The van der Waals surface area contributed by atoms with Crippen LogP contribution in [0.2, 0.25) is 5.15 Å².